The predicted octanol–water partition coefficient (Wildman–Crippen LogP) is 4.37. The SMILES string of the molecule is Cc1nccn1C(C(=O)N[C@H]1Cc2ccccc2C1NC(=O)OC(C)(C)C)c1ccc(F)cc1F. The molecule has 0 fully saturated rings. The minimum absolute atomic E-state index is 0.0113. The number of imidazole rings is 1. The summed E-state index contributed by atoms with van der Waals surface area (Å²) in [4.78, 5) is 30.4. The van der Waals surface area contributed by atoms with Gasteiger partial charge < -0.3 is 19.9 Å². The van der Waals surface area contributed by atoms with Crippen LogP contribution < -0.4 is 10.6 Å². The molecule has 0 saturated heterocycles. The maximum absolute atomic E-state index is 14.8. The lowest BCUT2D eigenvalue weighted by atomic mass is 10.0. The fourth-order valence-electron chi connectivity index (χ4n) is 4.41. The quantitative estimate of drug-likeness (QED) is 0.566. The van der Waals surface area contributed by atoms with Crippen LogP contribution in [0.5, 0.6) is 0 Å². The van der Waals surface area contributed by atoms with Gasteiger partial charge in [-0.2, -0.15) is 0 Å². The van der Waals surface area contributed by atoms with Gasteiger partial charge in [-0.15, -0.1) is 0 Å². The van der Waals surface area contributed by atoms with Crippen molar-refractivity contribution in [2.45, 2.75) is 57.8 Å². The molecule has 0 bridgehead atoms. The number of aromatic nitrogens is 2. The van der Waals surface area contributed by atoms with Gasteiger partial charge in [0.05, 0.1) is 12.1 Å². The number of alkyl carbamates (subject to hydrolysis) is 1. The van der Waals surface area contributed by atoms with E-state index in [0.717, 1.165) is 23.3 Å². The number of ether oxygens (including phenoxy) is 1. The Balaban J connectivity index is 1.64. The van der Waals surface area contributed by atoms with Crippen LogP contribution in [0.4, 0.5) is 13.6 Å². The van der Waals surface area contributed by atoms with Crippen molar-refractivity contribution in [1.29, 1.82) is 0 Å². The number of aryl methyl sites for hydroxylation is 1. The lowest BCUT2D eigenvalue weighted by Gasteiger charge is -2.28. The molecule has 3 aromatic rings. The van der Waals surface area contributed by atoms with Crippen LogP contribution in [0, 0.1) is 18.6 Å². The minimum Gasteiger partial charge on any atom is -0.444 e. The van der Waals surface area contributed by atoms with Gasteiger partial charge in [0.25, 0.3) is 0 Å². The lowest BCUT2D eigenvalue weighted by molar-refractivity contribution is -0.124. The van der Waals surface area contributed by atoms with Crippen molar-refractivity contribution >= 4 is 12.0 Å². The Morgan fingerprint density at radius 3 is 2.54 bits per heavy atom. The highest BCUT2D eigenvalue weighted by atomic mass is 19.1. The zero-order valence-corrected chi connectivity index (χ0v) is 20.0. The molecule has 1 heterocycles. The third kappa shape index (κ3) is 5.34. The van der Waals surface area contributed by atoms with E-state index in [9.17, 15) is 18.4 Å². The summed E-state index contributed by atoms with van der Waals surface area (Å²) in [6, 6.07) is 8.51. The lowest BCUT2D eigenvalue weighted by Crippen LogP contribution is -2.47. The first kappa shape index (κ1) is 24.4. The van der Waals surface area contributed by atoms with Crippen LogP contribution in [0.3, 0.4) is 0 Å². The van der Waals surface area contributed by atoms with E-state index in [4.69, 9.17) is 4.74 Å². The summed E-state index contributed by atoms with van der Waals surface area (Å²) in [7, 11) is 0. The Labute approximate surface area is 202 Å². The van der Waals surface area contributed by atoms with Crippen LogP contribution >= 0.6 is 0 Å². The van der Waals surface area contributed by atoms with Crippen molar-refractivity contribution in [1.82, 2.24) is 20.2 Å². The van der Waals surface area contributed by atoms with Gasteiger partial charge in [-0.05, 0) is 51.3 Å². The number of hydrogen-bond acceptors (Lipinski definition) is 4. The first-order valence-corrected chi connectivity index (χ1v) is 11.4. The maximum Gasteiger partial charge on any atom is 0.408 e. The number of nitrogens with zero attached hydrogens (tertiary/aromatic N) is 2. The monoisotopic (exact) mass is 482 g/mol. The molecule has 2 N–H and O–H groups in total. The number of hydrogen-bond donors (Lipinski definition) is 2. The topological polar surface area (TPSA) is 85.3 Å². The second-order valence-corrected chi connectivity index (χ2v) is 9.59. The molecule has 0 spiro atoms. The summed E-state index contributed by atoms with van der Waals surface area (Å²) in [5.41, 5.74) is 1.16. The molecule has 2 unspecified atom stereocenters. The van der Waals surface area contributed by atoms with Gasteiger partial charge >= 0.3 is 6.09 Å². The molecule has 0 radical (unpaired) electrons. The number of rotatable bonds is 5. The van der Waals surface area contributed by atoms with Crippen LogP contribution in [0.15, 0.2) is 54.9 Å². The molecule has 35 heavy (non-hydrogen) atoms. The first-order valence-electron chi connectivity index (χ1n) is 11.4. The second-order valence-electron chi connectivity index (χ2n) is 9.59. The molecule has 9 heteroatoms. The molecule has 184 valence electrons. The molecule has 0 saturated carbocycles. The summed E-state index contributed by atoms with van der Waals surface area (Å²) >= 11 is 0. The zero-order chi connectivity index (χ0) is 25.3. The predicted molar refractivity (Wildman–Crippen MR) is 126 cm³/mol. The smallest absolute Gasteiger partial charge is 0.408 e. The molecular formula is C26H28F2N4O3. The van der Waals surface area contributed by atoms with E-state index in [-0.39, 0.29) is 5.56 Å². The van der Waals surface area contributed by atoms with Crippen LogP contribution in [0.1, 0.15) is 55.4 Å². The van der Waals surface area contributed by atoms with Gasteiger partial charge in [-0.1, -0.05) is 30.3 Å². The highest BCUT2D eigenvalue weighted by molar-refractivity contribution is 5.84. The average molecular weight is 483 g/mol. The molecule has 7 nitrogen and oxygen atoms in total. The van der Waals surface area contributed by atoms with Gasteiger partial charge in [0.15, 0.2) is 0 Å². The fraction of sp³-hybridized carbons (Fsp3) is 0.346. The van der Waals surface area contributed by atoms with Gasteiger partial charge in [0.2, 0.25) is 5.91 Å². The number of carbonyl (C=O) groups is 2. The summed E-state index contributed by atoms with van der Waals surface area (Å²) in [5.74, 6) is -1.59. The summed E-state index contributed by atoms with van der Waals surface area (Å²) in [5, 5.41) is 5.85. The molecule has 2 amide bonds. The molecule has 2 aromatic carbocycles. The van der Waals surface area contributed by atoms with Crippen LogP contribution in [-0.2, 0) is 16.0 Å². The Bertz CT molecular complexity index is 1250. The van der Waals surface area contributed by atoms with Crippen LogP contribution in [0.2, 0.25) is 0 Å². The molecule has 1 aliphatic carbocycles. The van der Waals surface area contributed by atoms with E-state index < -0.39 is 47.4 Å². The van der Waals surface area contributed by atoms with E-state index in [0.29, 0.717) is 12.2 Å². The number of halogens is 2. The molecule has 1 aliphatic rings. The average Bonchev–Trinajstić information content (AvgIpc) is 3.32. The van der Waals surface area contributed by atoms with Crippen LogP contribution in [0.25, 0.3) is 0 Å². The maximum atomic E-state index is 14.8. The third-order valence-corrected chi connectivity index (χ3v) is 5.88. The summed E-state index contributed by atoms with van der Waals surface area (Å²) < 4.78 is 35.3. The van der Waals surface area contributed by atoms with Gasteiger partial charge in [-0.3, -0.25) is 4.79 Å². The number of fused-ring (bicyclic) bond motifs is 1. The molecule has 3 atom stereocenters. The largest absolute Gasteiger partial charge is 0.444 e. The summed E-state index contributed by atoms with van der Waals surface area (Å²) in [6.45, 7) is 7.00. The Morgan fingerprint density at radius 2 is 1.89 bits per heavy atom. The Hall–Kier alpha value is -3.75. The van der Waals surface area contributed by atoms with E-state index >= 15 is 0 Å². The van der Waals surface area contributed by atoms with Crippen molar-refractivity contribution in [3.05, 3.63) is 89.0 Å². The van der Waals surface area contributed by atoms with E-state index in [1.807, 2.05) is 24.3 Å². The molecule has 4 rings (SSSR count). The zero-order valence-electron chi connectivity index (χ0n) is 20.0. The van der Waals surface area contributed by atoms with Crippen LogP contribution in [-0.4, -0.2) is 33.2 Å². The van der Waals surface area contributed by atoms with E-state index in [1.165, 1.54) is 16.8 Å². The number of carbonyl (C=O) groups excluding carboxylic acids is 2. The highest BCUT2D eigenvalue weighted by Gasteiger charge is 2.37. The Morgan fingerprint density at radius 1 is 1.14 bits per heavy atom. The van der Waals surface area contributed by atoms with Crippen molar-refractivity contribution in [3.8, 4) is 0 Å². The van der Waals surface area contributed by atoms with Gasteiger partial charge in [0, 0.05) is 24.0 Å². The molecule has 1 aromatic heterocycles. The van der Waals surface area contributed by atoms with Crippen molar-refractivity contribution in [3.63, 3.8) is 0 Å². The van der Waals surface area contributed by atoms with Crippen molar-refractivity contribution < 1.29 is 23.1 Å². The number of nitrogens with one attached hydrogen (secondary N) is 2. The molecule has 0 aliphatic heterocycles. The normalized spacial score (nSPS) is 18.0. The summed E-state index contributed by atoms with van der Waals surface area (Å²) in [6.07, 6.45) is 2.94. The van der Waals surface area contributed by atoms with E-state index in [1.54, 1.807) is 33.9 Å². The first-order chi connectivity index (χ1) is 16.5. The van der Waals surface area contributed by atoms with Gasteiger partial charge in [-0.25, -0.2) is 18.6 Å². The number of benzene rings is 2. The van der Waals surface area contributed by atoms with Crippen molar-refractivity contribution in [2.75, 3.05) is 0 Å². The Kier molecular flexibility index (Phi) is 6.60. The standard InChI is InChI=1S/C26H28F2N4O3/c1-15-29-11-12-32(15)23(19-10-9-17(27)14-20(19)28)24(33)30-21-13-16-7-5-6-8-18(16)22(21)31-25(34)35-26(2,3)4/h5-12,14,21-23H,13H2,1-4H3,(H,30,33)(H,31,34)/t21-,22?,23?/m0/s1. The minimum atomic E-state index is -1.12. The second kappa shape index (κ2) is 9.48. The number of amides is 2. The van der Waals surface area contributed by atoms with Gasteiger partial charge in [0.1, 0.15) is 29.1 Å². The third-order valence-electron chi connectivity index (χ3n) is 5.88. The van der Waals surface area contributed by atoms with Crippen molar-refractivity contribution in [2.24, 2.45) is 0 Å². The van der Waals surface area contributed by atoms with E-state index in [2.05, 4.69) is 15.6 Å². The highest BCUT2D eigenvalue weighted by Crippen LogP contribution is 2.33. The molecular weight excluding hydrogens is 454 g/mol. The fourth-order valence-corrected chi connectivity index (χ4v) is 4.41.